The van der Waals surface area contributed by atoms with E-state index >= 15 is 0 Å². The van der Waals surface area contributed by atoms with Gasteiger partial charge in [-0.1, -0.05) is 30.2 Å². The molecule has 3 nitrogen and oxygen atoms in total. The quantitative estimate of drug-likeness (QED) is 0.854. The van der Waals surface area contributed by atoms with Crippen molar-refractivity contribution in [1.29, 1.82) is 0 Å². The van der Waals surface area contributed by atoms with Crippen molar-refractivity contribution in [2.75, 3.05) is 17.3 Å². The van der Waals surface area contributed by atoms with E-state index in [1.165, 1.54) is 0 Å². The number of nitrogens with zero attached hydrogens (tertiary/aromatic N) is 1. The lowest BCUT2D eigenvalue weighted by atomic mass is 9.96. The monoisotopic (exact) mass is 276 g/mol. The summed E-state index contributed by atoms with van der Waals surface area (Å²) in [5.74, 6) is 2.73. The largest absolute Gasteiger partial charge is 0.378 e. The highest BCUT2D eigenvalue weighted by molar-refractivity contribution is 5.97. The predicted molar refractivity (Wildman–Crippen MR) is 85.2 cm³/mol. The Morgan fingerprint density at radius 1 is 1.24 bits per heavy atom. The number of amides is 1. The van der Waals surface area contributed by atoms with Crippen LogP contribution in [0.15, 0.2) is 48.5 Å². The van der Waals surface area contributed by atoms with Crippen LogP contribution in [0.3, 0.4) is 0 Å². The van der Waals surface area contributed by atoms with Gasteiger partial charge in [0.05, 0.1) is 12.5 Å². The van der Waals surface area contributed by atoms with Crippen molar-refractivity contribution in [2.24, 2.45) is 0 Å². The molecule has 1 aliphatic heterocycles. The number of terminal acetylenes is 1. The van der Waals surface area contributed by atoms with Gasteiger partial charge in [0, 0.05) is 24.0 Å². The van der Waals surface area contributed by atoms with Crippen molar-refractivity contribution in [3.63, 3.8) is 0 Å². The minimum Gasteiger partial charge on any atom is -0.378 e. The van der Waals surface area contributed by atoms with E-state index in [2.05, 4.69) is 17.3 Å². The van der Waals surface area contributed by atoms with Crippen molar-refractivity contribution in [1.82, 2.24) is 0 Å². The number of fused-ring (bicyclic) bond motifs is 1. The molecule has 0 fully saturated rings. The lowest BCUT2D eigenvalue weighted by Crippen LogP contribution is -2.35. The minimum atomic E-state index is -0.0297. The molecule has 0 saturated carbocycles. The standard InChI is InChI=1S/C18H16N2O/c1-3-13-7-6-8-14(11-13)19-16-12-18(21)20(2)17-10-5-4-9-15(16)17/h1,4-11,16,19H,12H2,2H3. The number of carbonyl (C=O) groups excluding carboxylic acids is 1. The molecular formula is C18H16N2O. The number of benzene rings is 2. The van der Waals surface area contributed by atoms with Crippen LogP contribution in [-0.2, 0) is 4.79 Å². The molecule has 3 heteroatoms. The Kier molecular flexibility index (Phi) is 3.37. The third-order valence-corrected chi connectivity index (χ3v) is 3.80. The zero-order chi connectivity index (χ0) is 14.8. The number of carbonyl (C=O) groups is 1. The maximum atomic E-state index is 12.1. The molecule has 3 rings (SSSR count). The first-order valence-corrected chi connectivity index (χ1v) is 6.88. The maximum Gasteiger partial charge on any atom is 0.229 e. The number of anilines is 2. The summed E-state index contributed by atoms with van der Waals surface area (Å²) in [5, 5.41) is 3.42. The summed E-state index contributed by atoms with van der Waals surface area (Å²) in [4.78, 5) is 13.8. The second-order valence-corrected chi connectivity index (χ2v) is 5.14. The first-order chi connectivity index (χ1) is 10.2. The lowest BCUT2D eigenvalue weighted by Gasteiger charge is -2.32. The van der Waals surface area contributed by atoms with Crippen LogP contribution in [0.25, 0.3) is 0 Å². The molecule has 104 valence electrons. The van der Waals surface area contributed by atoms with Gasteiger partial charge in [0.15, 0.2) is 0 Å². The Hall–Kier alpha value is -2.73. The summed E-state index contributed by atoms with van der Waals surface area (Å²) in [7, 11) is 1.82. The number of hydrogen-bond acceptors (Lipinski definition) is 2. The van der Waals surface area contributed by atoms with E-state index in [0.717, 1.165) is 22.5 Å². The number of nitrogens with one attached hydrogen (secondary N) is 1. The molecule has 2 aromatic rings. The molecule has 0 aliphatic carbocycles. The number of rotatable bonds is 2. The number of hydrogen-bond donors (Lipinski definition) is 1. The van der Waals surface area contributed by atoms with Crippen molar-refractivity contribution in [3.8, 4) is 12.3 Å². The molecular weight excluding hydrogens is 260 g/mol. The molecule has 1 atom stereocenters. The summed E-state index contributed by atoms with van der Waals surface area (Å²) in [6, 6.07) is 15.6. The van der Waals surface area contributed by atoms with Gasteiger partial charge in [0.2, 0.25) is 5.91 Å². The highest BCUT2D eigenvalue weighted by atomic mass is 16.2. The highest BCUT2D eigenvalue weighted by Crippen LogP contribution is 2.35. The Bertz CT molecular complexity index is 730. The molecule has 1 amide bonds. The molecule has 0 aromatic heterocycles. The Morgan fingerprint density at radius 3 is 2.86 bits per heavy atom. The first kappa shape index (κ1) is 13.3. The van der Waals surface area contributed by atoms with Gasteiger partial charge in [0.1, 0.15) is 0 Å². The Morgan fingerprint density at radius 2 is 2.05 bits per heavy atom. The van der Waals surface area contributed by atoms with E-state index in [9.17, 15) is 4.79 Å². The van der Waals surface area contributed by atoms with Gasteiger partial charge < -0.3 is 10.2 Å². The zero-order valence-corrected chi connectivity index (χ0v) is 11.8. The van der Waals surface area contributed by atoms with Gasteiger partial charge in [-0.05, 0) is 29.8 Å². The molecule has 2 aromatic carbocycles. The molecule has 1 unspecified atom stereocenters. The van der Waals surface area contributed by atoms with Gasteiger partial charge in [0.25, 0.3) is 0 Å². The average molecular weight is 276 g/mol. The predicted octanol–water partition coefficient (Wildman–Crippen LogP) is 3.19. The SMILES string of the molecule is C#Cc1cccc(NC2CC(=O)N(C)c3ccccc32)c1. The van der Waals surface area contributed by atoms with Crippen molar-refractivity contribution < 1.29 is 4.79 Å². The van der Waals surface area contributed by atoms with Crippen LogP contribution in [0.1, 0.15) is 23.6 Å². The van der Waals surface area contributed by atoms with Crippen LogP contribution in [0.2, 0.25) is 0 Å². The van der Waals surface area contributed by atoms with Crippen LogP contribution in [-0.4, -0.2) is 13.0 Å². The second kappa shape index (κ2) is 5.34. The lowest BCUT2D eigenvalue weighted by molar-refractivity contribution is -0.118. The van der Waals surface area contributed by atoms with Crippen molar-refractivity contribution in [2.45, 2.75) is 12.5 Å². The Balaban J connectivity index is 1.94. The van der Waals surface area contributed by atoms with Gasteiger partial charge in [-0.15, -0.1) is 6.42 Å². The molecule has 1 N–H and O–H groups in total. The van der Waals surface area contributed by atoms with Crippen molar-refractivity contribution in [3.05, 3.63) is 59.7 Å². The van der Waals surface area contributed by atoms with Gasteiger partial charge in [-0.3, -0.25) is 4.79 Å². The average Bonchev–Trinajstić information content (AvgIpc) is 2.52. The van der Waals surface area contributed by atoms with Gasteiger partial charge in [-0.25, -0.2) is 0 Å². The molecule has 1 aliphatic rings. The minimum absolute atomic E-state index is 0.0297. The molecule has 21 heavy (non-hydrogen) atoms. The summed E-state index contributed by atoms with van der Waals surface area (Å²) >= 11 is 0. The van der Waals surface area contributed by atoms with E-state index in [-0.39, 0.29) is 11.9 Å². The summed E-state index contributed by atoms with van der Waals surface area (Å²) in [6.07, 6.45) is 5.87. The smallest absolute Gasteiger partial charge is 0.229 e. The molecule has 0 radical (unpaired) electrons. The van der Waals surface area contributed by atoms with Crippen LogP contribution < -0.4 is 10.2 Å². The van der Waals surface area contributed by atoms with Crippen molar-refractivity contribution >= 4 is 17.3 Å². The molecule has 0 bridgehead atoms. The third kappa shape index (κ3) is 2.48. The topological polar surface area (TPSA) is 32.3 Å². The molecule has 0 spiro atoms. The fraction of sp³-hybridized carbons (Fsp3) is 0.167. The third-order valence-electron chi connectivity index (χ3n) is 3.80. The highest BCUT2D eigenvalue weighted by Gasteiger charge is 2.28. The Labute approximate surface area is 124 Å². The fourth-order valence-corrected chi connectivity index (χ4v) is 2.67. The maximum absolute atomic E-state index is 12.1. The van der Waals surface area contributed by atoms with E-state index in [1.807, 2.05) is 49.5 Å². The van der Waals surface area contributed by atoms with Crippen LogP contribution >= 0.6 is 0 Å². The summed E-state index contributed by atoms with van der Waals surface area (Å²) < 4.78 is 0. The molecule has 0 saturated heterocycles. The fourth-order valence-electron chi connectivity index (χ4n) is 2.67. The molecule has 1 heterocycles. The first-order valence-electron chi connectivity index (χ1n) is 6.88. The normalized spacial score (nSPS) is 17.0. The summed E-state index contributed by atoms with van der Waals surface area (Å²) in [5.41, 5.74) is 3.85. The van der Waals surface area contributed by atoms with Gasteiger partial charge >= 0.3 is 0 Å². The van der Waals surface area contributed by atoms with E-state index in [4.69, 9.17) is 6.42 Å². The number of para-hydroxylation sites is 1. The van der Waals surface area contributed by atoms with Crippen LogP contribution in [0.5, 0.6) is 0 Å². The van der Waals surface area contributed by atoms with Crippen LogP contribution in [0, 0.1) is 12.3 Å². The van der Waals surface area contributed by atoms with E-state index in [1.54, 1.807) is 4.90 Å². The van der Waals surface area contributed by atoms with E-state index < -0.39 is 0 Å². The summed E-state index contributed by atoms with van der Waals surface area (Å²) in [6.45, 7) is 0. The second-order valence-electron chi connectivity index (χ2n) is 5.14. The van der Waals surface area contributed by atoms with E-state index in [0.29, 0.717) is 6.42 Å². The van der Waals surface area contributed by atoms with Crippen LogP contribution in [0.4, 0.5) is 11.4 Å². The van der Waals surface area contributed by atoms with Gasteiger partial charge in [-0.2, -0.15) is 0 Å². The zero-order valence-electron chi connectivity index (χ0n) is 11.8.